The normalized spacial score (nSPS) is 17.5. The van der Waals surface area contributed by atoms with Crippen LogP contribution in [0.2, 0.25) is 0 Å². The van der Waals surface area contributed by atoms with Gasteiger partial charge in [-0.1, -0.05) is 19.3 Å². The largest absolute Gasteiger partial charge is 0.396 e. The molecule has 0 amide bonds. The number of aliphatic hydroxyl groups is 1. The maximum absolute atomic E-state index is 10.9. The minimum Gasteiger partial charge on any atom is -0.396 e. The van der Waals surface area contributed by atoms with Gasteiger partial charge in [-0.2, -0.15) is 0 Å². The minimum absolute atomic E-state index is 0.0413. The van der Waals surface area contributed by atoms with E-state index in [0.717, 1.165) is 30.6 Å². The molecule has 0 aliphatic heterocycles. The van der Waals surface area contributed by atoms with Crippen LogP contribution in [0.4, 0.5) is 11.4 Å². The van der Waals surface area contributed by atoms with Crippen molar-refractivity contribution in [2.45, 2.75) is 46.0 Å². The Morgan fingerprint density at radius 3 is 2.48 bits per heavy atom. The molecule has 1 aliphatic rings. The second-order valence-electron chi connectivity index (χ2n) is 6.28. The van der Waals surface area contributed by atoms with E-state index in [9.17, 15) is 15.2 Å². The molecule has 2 N–H and O–H groups in total. The Bertz CT molecular complexity index is 522. The van der Waals surface area contributed by atoms with Crippen LogP contribution in [0.15, 0.2) is 12.1 Å². The van der Waals surface area contributed by atoms with Crippen LogP contribution in [0.5, 0.6) is 0 Å². The summed E-state index contributed by atoms with van der Waals surface area (Å²) in [5.41, 5.74) is 2.58. The molecule has 2 rings (SSSR count). The molecule has 5 nitrogen and oxygen atoms in total. The number of benzene rings is 1. The SMILES string of the molecule is Cc1cc([N+](=O)[O-])c(C)cc1NCC1(CO)CCCCC1. The number of rotatable bonds is 5. The van der Waals surface area contributed by atoms with Gasteiger partial charge in [-0.05, 0) is 38.3 Å². The molecular formula is C16H24N2O3. The smallest absolute Gasteiger partial charge is 0.272 e. The third-order valence-electron chi connectivity index (χ3n) is 4.64. The highest BCUT2D eigenvalue weighted by Crippen LogP contribution is 2.36. The lowest BCUT2D eigenvalue weighted by Gasteiger charge is -2.36. The van der Waals surface area contributed by atoms with E-state index < -0.39 is 0 Å². The fourth-order valence-electron chi connectivity index (χ4n) is 3.16. The predicted molar refractivity (Wildman–Crippen MR) is 83.7 cm³/mol. The summed E-state index contributed by atoms with van der Waals surface area (Å²) in [5.74, 6) is 0. The number of nitro benzene ring substituents is 1. The van der Waals surface area contributed by atoms with E-state index >= 15 is 0 Å². The molecular weight excluding hydrogens is 268 g/mol. The number of hydrogen-bond acceptors (Lipinski definition) is 4. The first kappa shape index (κ1) is 15.8. The Morgan fingerprint density at radius 2 is 1.90 bits per heavy atom. The van der Waals surface area contributed by atoms with Crippen molar-refractivity contribution < 1.29 is 10.0 Å². The third-order valence-corrected chi connectivity index (χ3v) is 4.64. The Hall–Kier alpha value is -1.62. The van der Waals surface area contributed by atoms with Crippen LogP contribution in [0, 0.1) is 29.4 Å². The Labute approximate surface area is 125 Å². The number of nitrogens with zero attached hydrogens (tertiary/aromatic N) is 1. The second kappa shape index (κ2) is 6.43. The molecule has 1 saturated carbocycles. The van der Waals surface area contributed by atoms with Crippen LogP contribution in [0.3, 0.4) is 0 Å². The summed E-state index contributed by atoms with van der Waals surface area (Å²) in [7, 11) is 0. The molecule has 0 spiro atoms. The van der Waals surface area contributed by atoms with Gasteiger partial charge in [0.25, 0.3) is 5.69 Å². The van der Waals surface area contributed by atoms with E-state index in [-0.39, 0.29) is 22.6 Å². The molecule has 0 saturated heterocycles. The molecule has 1 aromatic carbocycles. The second-order valence-corrected chi connectivity index (χ2v) is 6.28. The van der Waals surface area contributed by atoms with Crippen molar-refractivity contribution in [3.8, 4) is 0 Å². The first-order chi connectivity index (χ1) is 9.97. The van der Waals surface area contributed by atoms with Crippen molar-refractivity contribution in [2.24, 2.45) is 5.41 Å². The van der Waals surface area contributed by atoms with E-state index in [1.807, 2.05) is 13.0 Å². The van der Waals surface area contributed by atoms with Gasteiger partial charge >= 0.3 is 0 Å². The monoisotopic (exact) mass is 292 g/mol. The molecule has 21 heavy (non-hydrogen) atoms. The highest BCUT2D eigenvalue weighted by molar-refractivity contribution is 5.59. The van der Waals surface area contributed by atoms with Crippen molar-refractivity contribution in [3.05, 3.63) is 33.4 Å². The van der Waals surface area contributed by atoms with Crippen LogP contribution in [-0.2, 0) is 0 Å². The Morgan fingerprint density at radius 1 is 1.24 bits per heavy atom. The van der Waals surface area contributed by atoms with E-state index in [1.54, 1.807) is 13.0 Å². The maximum Gasteiger partial charge on any atom is 0.272 e. The van der Waals surface area contributed by atoms with Gasteiger partial charge in [0.1, 0.15) is 0 Å². The molecule has 1 aliphatic carbocycles. The Balaban J connectivity index is 2.12. The van der Waals surface area contributed by atoms with Gasteiger partial charge in [-0.15, -0.1) is 0 Å². The van der Waals surface area contributed by atoms with Crippen LogP contribution in [0.25, 0.3) is 0 Å². The number of aliphatic hydroxyl groups excluding tert-OH is 1. The van der Waals surface area contributed by atoms with E-state index in [2.05, 4.69) is 5.32 Å². The zero-order valence-corrected chi connectivity index (χ0v) is 12.8. The molecule has 5 heteroatoms. The zero-order valence-electron chi connectivity index (χ0n) is 12.8. The van der Waals surface area contributed by atoms with Gasteiger partial charge in [0, 0.05) is 29.3 Å². The first-order valence-corrected chi connectivity index (χ1v) is 7.58. The summed E-state index contributed by atoms with van der Waals surface area (Å²) in [6, 6.07) is 3.45. The van der Waals surface area contributed by atoms with Gasteiger partial charge in [-0.3, -0.25) is 10.1 Å². The summed E-state index contributed by atoms with van der Waals surface area (Å²) in [6.07, 6.45) is 5.67. The van der Waals surface area contributed by atoms with Gasteiger partial charge in [-0.25, -0.2) is 0 Å². The fourth-order valence-corrected chi connectivity index (χ4v) is 3.16. The lowest BCUT2D eigenvalue weighted by molar-refractivity contribution is -0.385. The van der Waals surface area contributed by atoms with Crippen LogP contribution in [0.1, 0.15) is 43.2 Å². The summed E-state index contributed by atoms with van der Waals surface area (Å²) < 4.78 is 0. The van der Waals surface area contributed by atoms with E-state index in [4.69, 9.17) is 0 Å². The number of hydrogen-bond donors (Lipinski definition) is 2. The molecule has 0 heterocycles. The molecule has 0 unspecified atom stereocenters. The van der Waals surface area contributed by atoms with Gasteiger partial charge in [0.15, 0.2) is 0 Å². The number of nitro groups is 1. The quantitative estimate of drug-likeness (QED) is 0.642. The Kier molecular flexibility index (Phi) is 4.83. The topological polar surface area (TPSA) is 75.4 Å². The van der Waals surface area contributed by atoms with Crippen molar-refractivity contribution in [3.63, 3.8) is 0 Å². The minimum atomic E-state index is -0.345. The fraction of sp³-hybridized carbons (Fsp3) is 0.625. The molecule has 1 fully saturated rings. The van der Waals surface area contributed by atoms with Crippen molar-refractivity contribution in [2.75, 3.05) is 18.5 Å². The van der Waals surface area contributed by atoms with Gasteiger partial charge in [0.2, 0.25) is 0 Å². The summed E-state index contributed by atoms with van der Waals surface area (Å²) >= 11 is 0. The highest BCUT2D eigenvalue weighted by atomic mass is 16.6. The lowest BCUT2D eigenvalue weighted by atomic mass is 9.74. The molecule has 1 aromatic rings. The molecule has 0 aromatic heterocycles. The first-order valence-electron chi connectivity index (χ1n) is 7.58. The van der Waals surface area contributed by atoms with Gasteiger partial charge in [0.05, 0.1) is 11.5 Å². The number of nitrogens with one attached hydrogen (secondary N) is 1. The highest BCUT2D eigenvalue weighted by Gasteiger charge is 2.31. The number of aryl methyl sites for hydroxylation is 2. The molecule has 0 radical (unpaired) electrons. The predicted octanol–water partition coefficient (Wildman–Crippen LogP) is 3.57. The third kappa shape index (κ3) is 3.53. The molecule has 0 bridgehead atoms. The van der Waals surface area contributed by atoms with Crippen molar-refractivity contribution in [1.29, 1.82) is 0 Å². The number of anilines is 1. The van der Waals surface area contributed by atoms with Crippen LogP contribution in [-0.4, -0.2) is 23.2 Å². The molecule has 116 valence electrons. The zero-order chi connectivity index (χ0) is 15.5. The maximum atomic E-state index is 10.9. The average Bonchev–Trinajstić information content (AvgIpc) is 2.48. The standard InChI is InChI=1S/C16H24N2O3/c1-12-9-15(18(20)21)13(2)8-14(12)17-10-16(11-19)6-4-3-5-7-16/h8-9,17,19H,3-7,10-11H2,1-2H3. The van der Waals surface area contributed by atoms with Crippen LogP contribution < -0.4 is 5.32 Å². The van der Waals surface area contributed by atoms with Crippen molar-refractivity contribution in [1.82, 2.24) is 0 Å². The van der Waals surface area contributed by atoms with Crippen LogP contribution >= 0.6 is 0 Å². The summed E-state index contributed by atoms with van der Waals surface area (Å²) in [6.45, 7) is 4.55. The molecule has 0 atom stereocenters. The summed E-state index contributed by atoms with van der Waals surface area (Å²) in [4.78, 5) is 10.6. The van der Waals surface area contributed by atoms with E-state index in [1.165, 1.54) is 19.3 Å². The van der Waals surface area contributed by atoms with Gasteiger partial charge < -0.3 is 10.4 Å². The average molecular weight is 292 g/mol. The summed E-state index contributed by atoms with van der Waals surface area (Å²) in [5, 5.41) is 24.1. The lowest BCUT2D eigenvalue weighted by Crippen LogP contribution is -2.35. The van der Waals surface area contributed by atoms with E-state index in [0.29, 0.717) is 5.56 Å². The van der Waals surface area contributed by atoms with Crippen molar-refractivity contribution >= 4 is 11.4 Å².